The van der Waals surface area contributed by atoms with E-state index in [0.29, 0.717) is 39.3 Å². The number of benzene rings is 1. The number of nitrogens with one attached hydrogen (secondary N) is 3. The summed E-state index contributed by atoms with van der Waals surface area (Å²) in [7, 11) is 0. The van der Waals surface area contributed by atoms with Crippen LogP contribution in [-0.2, 0) is 20.8 Å². The highest BCUT2D eigenvalue weighted by atomic mass is 16.5. The Bertz CT molecular complexity index is 574. The van der Waals surface area contributed by atoms with Crippen molar-refractivity contribution in [1.29, 1.82) is 0 Å². The van der Waals surface area contributed by atoms with Crippen LogP contribution in [0.15, 0.2) is 35.3 Å². The molecule has 1 aromatic carbocycles. The number of amides is 1. The number of carbonyl (C=O) groups excluding carboxylic acids is 1. The van der Waals surface area contributed by atoms with Gasteiger partial charge in [-0.3, -0.25) is 9.79 Å². The third kappa shape index (κ3) is 9.71. The molecule has 1 saturated heterocycles. The molecule has 1 aliphatic heterocycles. The predicted molar refractivity (Wildman–Crippen MR) is 111 cm³/mol. The fraction of sp³-hybridized carbons (Fsp3) is 0.619. The number of hydrogen-bond acceptors (Lipinski definition) is 4. The number of carbonyl (C=O) groups is 1. The maximum Gasteiger partial charge on any atom is 0.222 e. The first-order chi connectivity index (χ1) is 13.8. The highest BCUT2D eigenvalue weighted by Gasteiger charge is 2.14. The van der Waals surface area contributed by atoms with E-state index in [0.717, 1.165) is 43.9 Å². The number of rotatable bonds is 12. The van der Waals surface area contributed by atoms with E-state index < -0.39 is 0 Å². The molecule has 1 aromatic rings. The molecule has 1 fully saturated rings. The Kier molecular flexibility index (Phi) is 11.1. The van der Waals surface area contributed by atoms with Crippen molar-refractivity contribution in [2.45, 2.75) is 45.3 Å². The van der Waals surface area contributed by atoms with Gasteiger partial charge in [-0.25, -0.2) is 0 Å². The molecular formula is C21H34N4O3. The fourth-order valence-electron chi connectivity index (χ4n) is 2.87. The van der Waals surface area contributed by atoms with Gasteiger partial charge in [0.05, 0.1) is 12.7 Å². The summed E-state index contributed by atoms with van der Waals surface area (Å²) in [5, 5.41) is 9.33. The van der Waals surface area contributed by atoms with Crippen molar-refractivity contribution in [2.75, 3.05) is 39.5 Å². The Morgan fingerprint density at radius 1 is 1.25 bits per heavy atom. The quantitative estimate of drug-likeness (QED) is 0.288. The number of guanidine groups is 1. The summed E-state index contributed by atoms with van der Waals surface area (Å²) >= 11 is 0. The third-order valence-corrected chi connectivity index (χ3v) is 4.37. The van der Waals surface area contributed by atoms with E-state index in [2.05, 4.69) is 20.9 Å². The minimum Gasteiger partial charge on any atom is -0.379 e. The lowest BCUT2D eigenvalue weighted by Gasteiger charge is -2.12. The predicted octanol–water partition coefficient (Wildman–Crippen LogP) is 1.83. The van der Waals surface area contributed by atoms with Gasteiger partial charge in [-0.2, -0.15) is 0 Å². The summed E-state index contributed by atoms with van der Waals surface area (Å²) in [4.78, 5) is 16.5. The van der Waals surface area contributed by atoms with E-state index in [1.165, 1.54) is 0 Å². The molecule has 0 aromatic heterocycles. The first-order valence-electron chi connectivity index (χ1n) is 10.3. The zero-order valence-electron chi connectivity index (χ0n) is 16.9. The molecule has 1 aliphatic rings. The Hall–Kier alpha value is -2.12. The highest BCUT2D eigenvalue weighted by molar-refractivity contribution is 5.81. The van der Waals surface area contributed by atoms with Gasteiger partial charge in [-0.15, -0.1) is 0 Å². The first kappa shape index (κ1) is 22.2. The Balaban J connectivity index is 1.54. The van der Waals surface area contributed by atoms with Gasteiger partial charge < -0.3 is 25.4 Å². The molecule has 1 amide bonds. The summed E-state index contributed by atoms with van der Waals surface area (Å²) in [6, 6.07) is 9.90. The Morgan fingerprint density at radius 2 is 2.11 bits per heavy atom. The van der Waals surface area contributed by atoms with E-state index in [1.54, 1.807) is 0 Å². The van der Waals surface area contributed by atoms with E-state index in [9.17, 15) is 4.79 Å². The molecule has 7 nitrogen and oxygen atoms in total. The third-order valence-electron chi connectivity index (χ3n) is 4.37. The minimum atomic E-state index is 0.0229. The summed E-state index contributed by atoms with van der Waals surface area (Å²) in [6.45, 7) is 6.81. The molecule has 28 heavy (non-hydrogen) atoms. The van der Waals surface area contributed by atoms with Crippen LogP contribution in [0.4, 0.5) is 0 Å². The average Bonchev–Trinajstić information content (AvgIpc) is 3.23. The van der Waals surface area contributed by atoms with Crippen LogP contribution in [0.2, 0.25) is 0 Å². The summed E-state index contributed by atoms with van der Waals surface area (Å²) in [5.74, 6) is 0.757. The first-order valence-corrected chi connectivity index (χ1v) is 10.3. The van der Waals surface area contributed by atoms with Crippen LogP contribution >= 0.6 is 0 Å². The van der Waals surface area contributed by atoms with Crippen LogP contribution in [0, 0.1) is 0 Å². The average molecular weight is 391 g/mol. The SMILES string of the molecule is CCNC(=NCCCOCC1CCCO1)NCCC(=O)NCc1ccccc1. The van der Waals surface area contributed by atoms with Crippen LogP contribution in [0.5, 0.6) is 0 Å². The minimum absolute atomic E-state index is 0.0229. The second-order valence-electron chi connectivity index (χ2n) is 6.76. The van der Waals surface area contributed by atoms with E-state index in [4.69, 9.17) is 9.47 Å². The molecule has 3 N–H and O–H groups in total. The van der Waals surface area contributed by atoms with Crippen molar-refractivity contribution in [3.63, 3.8) is 0 Å². The lowest BCUT2D eigenvalue weighted by molar-refractivity contribution is -0.121. The van der Waals surface area contributed by atoms with E-state index >= 15 is 0 Å². The number of hydrogen-bond donors (Lipinski definition) is 3. The molecule has 0 bridgehead atoms. The monoisotopic (exact) mass is 390 g/mol. The largest absolute Gasteiger partial charge is 0.379 e. The van der Waals surface area contributed by atoms with Crippen molar-refractivity contribution in [3.8, 4) is 0 Å². The second-order valence-corrected chi connectivity index (χ2v) is 6.76. The lowest BCUT2D eigenvalue weighted by Crippen LogP contribution is -2.39. The summed E-state index contributed by atoms with van der Waals surface area (Å²) in [5.41, 5.74) is 1.10. The summed E-state index contributed by atoms with van der Waals surface area (Å²) < 4.78 is 11.2. The number of nitrogens with zero attached hydrogens (tertiary/aromatic N) is 1. The van der Waals surface area contributed by atoms with Gasteiger partial charge in [-0.1, -0.05) is 30.3 Å². The van der Waals surface area contributed by atoms with Crippen LogP contribution in [0.1, 0.15) is 38.2 Å². The molecule has 156 valence electrons. The van der Waals surface area contributed by atoms with Crippen molar-refractivity contribution in [1.82, 2.24) is 16.0 Å². The van der Waals surface area contributed by atoms with Crippen LogP contribution in [0.25, 0.3) is 0 Å². The number of aliphatic imine (C=N–C) groups is 1. The zero-order valence-corrected chi connectivity index (χ0v) is 16.9. The molecule has 7 heteroatoms. The molecule has 0 saturated carbocycles. The molecular weight excluding hydrogens is 356 g/mol. The van der Waals surface area contributed by atoms with Crippen molar-refractivity contribution in [3.05, 3.63) is 35.9 Å². The molecule has 0 aliphatic carbocycles. The highest BCUT2D eigenvalue weighted by Crippen LogP contribution is 2.11. The second kappa shape index (κ2) is 14.0. The molecule has 2 rings (SSSR count). The maximum atomic E-state index is 12.0. The van der Waals surface area contributed by atoms with Gasteiger partial charge in [0.2, 0.25) is 5.91 Å². The van der Waals surface area contributed by atoms with Crippen molar-refractivity contribution in [2.24, 2.45) is 4.99 Å². The Labute approximate surface area is 168 Å². The lowest BCUT2D eigenvalue weighted by atomic mass is 10.2. The van der Waals surface area contributed by atoms with Gasteiger partial charge in [0.25, 0.3) is 0 Å². The van der Waals surface area contributed by atoms with E-state index in [1.807, 2.05) is 37.3 Å². The molecule has 1 unspecified atom stereocenters. The smallest absolute Gasteiger partial charge is 0.222 e. The normalized spacial score (nSPS) is 16.8. The molecule has 0 radical (unpaired) electrons. The standard InChI is InChI=1S/C21H34N4O3/c1-2-22-21(23-12-7-14-27-17-19-10-6-15-28-19)24-13-11-20(26)25-16-18-8-4-3-5-9-18/h3-5,8-9,19H,2,6-7,10-17H2,1H3,(H,25,26)(H2,22,23,24). The van der Waals surface area contributed by atoms with Crippen LogP contribution in [-0.4, -0.2) is 57.4 Å². The topological polar surface area (TPSA) is 84.0 Å². The van der Waals surface area contributed by atoms with Crippen molar-refractivity contribution >= 4 is 11.9 Å². The van der Waals surface area contributed by atoms with Gasteiger partial charge in [0, 0.05) is 45.8 Å². The zero-order chi connectivity index (χ0) is 19.9. The van der Waals surface area contributed by atoms with Crippen LogP contribution in [0.3, 0.4) is 0 Å². The summed E-state index contributed by atoms with van der Waals surface area (Å²) in [6.07, 6.45) is 3.78. The maximum absolute atomic E-state index is 12.0. The Morgan fingerprint density at radius 3 is 2.86 bits per heavy atom. The van der Waals surface area contributed by atoms with Crippen molar-refractivity contribution < 1.29 is 14.3 Å². The number of ether oxygens (including phenoxy) is 2. The van der Waals surface area contributed by atoms with Gasteiger partial charge in [-0.05, 0) is 31.7 Å². The fourth-order valence-corrected chi connectivity index (χ4v) is 2.87. The van der Waals surface area contributed by atoms with Crippen LogP contribution < -0.4 is 16.0 Å². The molecule has 0 spiro atoms. The van der Waals surface area contributed by atoms with Gasteiger partial charge in [0.15, 0.2) is 5.96 Å². The van der Waals surface area contributed by atoms with E-state index in [-0.39, 0.29) is 12.0 Å². The van der Waals surface area contributed by atoms with Gasteiger partial charge >= 0.3 is 0 Å². The molecule has 1 heterocycles. The molecule has 1 atom stereocenters. The van der Waals surface area contributed by atoms with Gasteiger partial charge in [0.1, 0.15) is 0 Å².